The highest BCUT2D eigenvalue weighted by molar-refractivity contribution is 5.95. The number of hydrogen-bond acceptors (Lipinski definition) is 4. The molecule has 26 heavy (non-hydrogen) atoms. The van der Waals surface area contributed by atoms with Crippen LogP contribution in [-0.4, -0.2) is 47.2 Å². The van der Waals surface area contributed by atoms with Gasteiger partial charge in [0.2, 0.25) is 0 Å². The molecular weight excluding hydrogens is 330 g/mol. The fourth-order valence-electron chi connectivity index (χ4n) is 3.87. The standard InChI is InChI=1S/C20H25N3O3/c1-23-18(11-15-5-3-2-4-6-15)17(13-22-23)19(24)21-12-16-7-8-20(26-16)9-10-25-14-20/h2-6,13,16H,7-12,14H2,1H3,(H,21,24). The Hall–Kier alpha value is -2.18. The molecule has 1 aromatic heterocycles. The van der Waals surface area contributed by atoms with Crippen LogP contribution >= 0.6 is 0 Å². The van der Waals surface area contributed by atoms with Gasteiger partial charge in [0.05, 0.1) is 35.8 Å². The van der Waals surface area contributed by atoms with Crippen molar-refractivity contribution >= 4 is 5.91 Å². The number of aryl methyl sites for hydroxylation is 1. The second kappa shape index (κ2) is 7.21. The zero-order chi connectivity index (χ0) is 18.0. The van der Waals surface area contributed by atoms with Crippen LogP contribution in [0.1, 0.15) is 40.9 Å². The van der Waals surface area contributed by atoms with Gasteiger partial charge in [-0.05, 0) is 18.4 Å². The Labute approximate surface area is 153 Å². The molecule has 1 aromatic carbocycles. The summed E-state index contributed by atoms with van der Waals surface area (Å²) >= 11 is 0. The maximum Gasteiger partial charge on any atom is 0.254 e. The minimum atomic E-state index is -0.109. The van der Waals surface area contributed by atoms with E-state index in [9.17, 15) is 4.79 Å². The van der Waals surface area contributed by atoms with Crippen LogP contribution in [0.4, 0.5) is 0 Å². The number of nitrogens with one attached hydrogen (secondary N) is 1. The number of amides is 1. The van der Waals surface area contributed by atoms with Gasteiger partial charge in [0, 0.05) is 33.0 Å². The summed E-state index contributed by atoms with van der Waals surface area (Å²) < 4.78 is 13.4. The molecular formula is C20H25N3O3. The van der Waals surface area contributed by atoms with E-state index in [1.54, 1.807) is 10.9 Å². The van der Waals surface area contributed by atoms with Crippen LogP contribution in [0.5, 0.6) is 0 Å². The van der Waals surface area contributed by atoms with Crippen molar-refractivity contribution in [3.8, 4) is 0 Å². The van der Waals surface area contributed by atoms with Gasteiger partial charge in [-0.15, -0.1) is 0 Å². The van der Waals surface area contributed by atoms with E-state index < -0.39 is 0 Å². The number of nitrogens with zero attached hydrogens (tertiary/aromatic N) is 2. The van der Waals surface area contributed by atoms with E-state index >= 15 is 0 Å². The molecule has 2 fully saturated rings. The molecule has 1 N–H and O–H groups in total. The third-order valence-corrected chi connectivity index (χ3v) is 5.42. The Morgan fingerprint density at radius 2 is 2.19 bits per heavy atom. The van der Waals surface area contributed by atoms with Crippen molar-refractivity contribution in [2.24, 2.45) is 7.05 Å². The maximum absolute atomic E-state index is 12.7. The van der Waals surface area contributed by atoms with Crippen LogP contribution in [-0.2, 0) is 22.9 Å². The highest BCUT2D eigenvalue weighted by Gasteiger charge is 2.43. The highest BCUT2D eigenvalue weighted by atomic mass is 16.6. The van der Waals surface area contributed by atoms with E-state index in [4.69, 9.17) is 9.47 Å². The third-order valence-electron chi connectivity index (χ3n) is 5.42. The molecule has 6 heteroatoms. The number of carbonyl (C=O) groups excluding carboxylic acids is 1. The summed E-state index contributed by atoms with van der Waals surface area (Å²) in [4.78, 5) is 12.7. The minimum absolute atomic E-state index is 0.0647. The Balaban J connectivity index is 1.38. The second-order valence-corrected chi connectivity index (χ2v) is 7.27. The number of carbonyl (C=O) groups is 1. The van der Waals surface area contributed by atoms with Crippen LogP contribution < -0.4 is 5.32 Å². The lowest BCUT2D eigenvalue weighted by Gasteiger charge is -2.22. The number of benzene rings is 1. The average Bonchev–Trinajstić information content (AvgIpc) is 3.37. The van der Waals surface area contributed by atoms with E-state index in [0.717, 1.165) is 37.1 Å². The molecule has 0 radical (unpaired) electrons. The number of hydrogen-bond donors (Lipinski definition) is 1. The molecule has 3 heterocycles. The van der Waals surface area contributed by atoms with Crippen molar-refractivity contribution in [3.63, 3.8) is 0 Å². The summed E-state index contributed by atoms with van der Waals surface area (Å²) in [6, 6.07) is 10.1. The number of aromatic nitrogens is 2. The van der Waals surface area contributed by atoms with Gasteiger partial charge in [0.15, 0.2) is 0 Å². The normalized spacial score (nSPS) is 25.0. The molecule has 0 aliphatic carbocycles. The van der Waals surface area contributed by atoms with Crippen LogP contribution in [0.2, 0.25) is 0 Å². The first-order chi connectivity index (χ1) is 12.7. The van der Waals surface area contributed by atoms with E-state index in [0.29, 0.717) is 25.1 Å². The summed E-state index contributed by atoms with van der Waals surface area (Å²) in [6.07, 6.45) is 5.33. The van der Waals surface area contributed by atoms with Gasteiger partial charge in [0.25, 0.3) is 5.91 Å². The smallest absolute Gasteiger partial charge is 0.254 e. The quantitative estimate of drug-likeness (QED) is 0.892. The van der Waals surface area contributed by atoms with E-state index in [-0.39, 0.29) is 17.6 Å². The SMILES string of the molecule is Cn1ncc(C(=O)NCC2CCC3(CCOC3)O2)c1Cc1ccccc1. The molecule has 4 rings (SSSR count). The molecule has 2 aliphatic heterocycles. The zero-order valence-corrected chi connectivity index (χ0v) is 15.1. The number of rotatable bonds is 5. The van der Waals surface area contributed by atoms with Gasteiger partial charge in [0.1, 0.15) is 0 Å². The van der Waals surface area contributed by atoms with E-state index in [2.05, 4.69) is 22.5 Å². The molecule has 2 saturated heterocycles. The van der Waals surface area contributed by atoms with Gasteiger partial charge >= 0.3 is 0 Å². The fourth-order valence-corrected chi connectivity index (χ4v) is 3.87. The Bertz CT molecular complexity index is 766. The molecule has 1 amide bonds. The van der Waals surface area contributed by atoms with E-state index in [1.165, 1.54) is 0 Å². The fraction of sp³-hybridized carbons (Fsp3) is 0.500. The topological polar surface area (TPSA) is 65.4 Å². The van der Waals surface area contributed by atoms with Crippen LogP contribution in [0.15, 0.2) is 36.5 Å². The van der Waals surface area contributed by atoms with Crippen LogP contribution in [0.25, 0.3) is 0 Å². The first-order valence-corrected chi connectivity index (χ1v) is 9.24. The Kier molecular flexibility index (Phi) is 4.78. The maximum atomic E-state index is 12.7. The minimum Gasteiger partial charge on any atom is -0.378 e. The third kappa shape index (κ3) is 3.52. The van der Waals surface area contributed by atoms with Crippen LogP contribution in [0.3, 0.4) is 0 Å². The van der Waals surface area contributed by atoms with Crippen molar-refractivity contribution in [2.75, 3.05) is 19.8 Å². The highest BCUT2D eigenvalue weighted by Crippen LogP contribution is 2.36. The van der Waals surface area contributed by atoms with Gasteiger partial charge in [-0.2, -0.15) is 5.10 Å². The van der Waals surface area contributed by atoms with Gasteiger partial charge < -0.3 is 14.8 Å². The predicted molar refractivity (Wildman–Crippen MR) is 97.1 cm³/mol. The Morgan fingerprint density at radius 1 is 1.35 bits per heavy atom. The summed E-state index contributed by atoms with van der Waals surface area (Å²) in [5.74, 6) is -0.0868. The molecule has 138 valence electrons. The summed E-state index contributed by atoms with van der Waals surface area (Å²) in [5.41, 5.74) is 2.60. The predicted octanol–water partition coefficient (Wildman–Crippen LogP) is 2.08. The van der Waals surface area contributed by atoms with Crippen LogP contribution in [0, 0.1) is 0 Å². The second-order valence-electron chi connectivity index (χ2n) is 7.27. The van der Waals surface area contributed by atoms with Crippen molar-refractivity contribution in [1.82, 2.24) is 15.1 Å². The molecule has 0 bridgehead atoms. The van der Waals surface area contributed by atoms with Gasteiger partial charge in [-0.3, -0.25) is 9.48 Å². The average molecular weight is 355 g/mol. The largest absolute Gasteiger partial charge is 0.378 e. The summed E-state index contributed by atoms with van der Waals surface area (Å²) in [6.45, 7) is 1.99. The van der Waals surface area contributed by atoms with Crippen molar-refractivity contribution in [2.45, 2.75) is 37.4 Å². The summed E-state index contributed by atoms with van der Waals surface area (Å²) in [7, 11) is 1.87. The summed E-state index contributed by atoms with van der Waals surface area (Å²) in [5, 5.41) is 7.31. The molecule has 2 aliphatic rings. The monoisotopic (exact) mass is 355 g/mol. The molecule has 6 nitrogen and oxygen atoms in total. The lowest BCUT2D eigenvalue weighted by Crippen LogP contribution is -2.35. The van der Waals surface area contributed by atoms with Crippen molar-refractivity contribution in [1.29, 1.82) is 0 Å². The first-order valence-electron chi connectivity index (χ1n) is 9.24. The van der Waals surface area contributed by atoms with Crippen molar-refractivity contribution < 1.29 is 14.3 Å². The van der Waals surface area contributed by atoms with Gasteiger partial charge in [-0.25, -0.2) is 0 Å². The van der Waals surface area contributed by atoms with Gasteiger partial charge in [-0.1, -0.05) is 30.3 Å². The zero-order valence-electron chi connectivity index (χ0n) is 15.1. The Morgan fingerprint density at radius 3 is 2.96 bits per heavy atom. The lowest BCUT2D eigenvalue weighted by atomic mass is 9.99. The van der Waals surface area contributed by atoms with E-state index in [1.807, 2.05) is 25.2 Å². The molecule has 0 saturated carbocycles. The first kappa shape index (κ1) is 17.2. The molecule has 2 atom stereocenters. The van der Waals surface area contributed by atoms with Crippen molar-refractivity contribution in [3.05, 3.63) is 53.3 Å². The lowest BCUT2D eigenvalue weighted by molar-refractivity contribution is -0.0428. The molecule has 2 unspecified atom stereocenters. The molecule has 1 spiro atoms. The number of ether oxygens (including phenoxy) is 2. The molecule has 2 aromatic rings.